The lowest BCUT2D eigenvalue weighted by atomic mass is 10.1. The maximum absolute atomic E-state index is 12.4. The molecule has 128 valence electrons. The summed E-state index contributed by atoms with van der Waals surface area (Å²) in [6.45, 7) is 5.31. The number of benzene rings is 1. The van der Waals surface area contributed by atoms with Crippen LogP contribution in [0.3, 0.4) is 0 Å². The average Bonchev–Trinajstić information content (AvgIpc) is 2.62. The minimum Gasteiger partial charge on any atom is -0.342 e. The molecule has 6 heteroatoms. The van der Waals surface area contributed by atoms with E-state index >= 15 is 0 Å². The van der Waals surface area contributed by atoms with Crippen LogP contribution in [0.1, 0.15) is 32.0 Å². The Bertz CT molecular complexity index is 765. The zero-order valence-corrected chi connectivity index (χ0v) is 14.1. The summed E-state index contributed by atoms with van der Waals surface area (Å²) in [5.74, 6) is 0.770. The molecular formula is C18H24N4O2. The van der Waals surface area contributed by atoms with Crippen molar-refractivity contribution in [2.75, 3.05) is 26.2 Å². The Morgan fingerprint density at radius 1 is 1.25 bits per heavy atom. The van der Waals surface area contributed by atoms with Crippen molar-refractivity contribution in [1.29, 1.82) is 0 Å². The molecule has 0 spiro atoms. The van der Waals surface area contributed by atoms with E-state index in [4.69, 9.17) is 0 Å². The SMILES string of the molecule is CCN(CC(=O)N1CCCCC1)Cc1nc2ccccc2c(=O)[nH]1. The van der Waals surface area contributed by atoms with Gasteiger partial charge in [-0.2, -0.15) is 0 Å². The molecular weight excluding hydrogens is 304 g/mol. The highest BCUT2D eigenvalue weighted by atomic mass is 16.2. The number of hydrogen-bond acceptors (Lipinski definition) is 4. The summed E-state index contributed by atoms with van der Waals surface area (Å²) in [5, 5.41) is 0.591. The van der Waals surface area contributed by atoms with Gasteiger partial charge in [-0.05, 0) is 37.9 Å². The van der Waals surface area contributed by atoms with Gasteiger partial charge in [-0.25, -0.2) is 4.98 Å². The van der Waals surface area contributed by atoms with E-state index in [1.165, 1.54) is 6.42 Å². The van der Waals surface area contributed by atoms with Crippen LogP contribution in [-0.2, 0) is 11.3 Å². The lowest BCUT2D eigenvalue weighted by Crippen LogP contribution is -2.42. The number of hydrogen-bond donors (Lipinski definition) is 1. The number of nitrogens with zero attached hydrogens (tertiary/aromatic N) is 3. The second-order valence-corrected chi connectivity index (χ2v) is 6.27. The summed E-state index contributed by atoms with van der Waals surface area (Å²) in [5.41, 5.74) is 0.559. The molecule has 0 saturated carbocycles. The molecule has 1 fully saturated rings. The fourth-order valence-electron chi connectivity index (χ4n) is 3.14. The Morgan fingerprint density at radius 3 is 2.75 bits per heavy atom. The molecule has 24 heavy (non-hydrogen) atoms. The summed E-state index contributed by atoms with van der Waals surface area (Å²) in [7, 11) is 0. The Labute approximate surface area is 141 Å². The van der Waals surface area contributed by atoms with Crippen molar-refractivity contribution in [3.05, 3.63) is 40.4 Å². The van der Waals surface area contributed by atoms with Crippen LogP contribution in [0.25, 0.3) is 10.9 Å². The van der Waals surface area contributed by atoms with Gasteiger partial charge < -0.3 is 9.88 Å². The standard InChI is InChI=1S/C18H24N4O2/c1-2-21(13-17(23)22-10-6-3-7-11-22)12-16-19-15-9-5-4-8-14(15)18(24)20-16/h4-5,8-9H,2-3,6-7,10-13H2,1H3,(H,19,20,24). The predicted molar refractivity (Wildman–Crippen MR) is 93.7 cm³/mol. The number of piperidine rings is 1. The number of aromatic nitrogens is 2. The molecule has 0 atom stereocenters. The highest BCUT2D eigenvalue weighted by molar-refractivity contribution is 5.78. The van der Waals surface area contributed by atoms with E-state index in [1.54, 1.807) is 6.07 Å². The molecule has 2 aromatic rings. The lowest BCUT2D eigenvalue weighted by molar-refractivity contribution is -0.133. The molecule has 0 radical (unpaired) electrons. The van der Waals surface area contributed by atoms with Gasteiger partial charge in [-0.1, -0.05) is 19.1 Å². The molecule has 1 N–H and O–H groups in total. The van der Waals surface area contributed by atoms with Crippen LogP contribution in [0.15, 0.2) is 29.1 Å². The molecule has 0 unspecified atom stereocenters. The van der Waals surface area contributed by atoms with E-state index in [2.05, 4.69) is 9.97 Å². The number of likely N-dealkylation sites (tertiary alicyclic amines) is 1. The smallest absolute Gasteiger partial charge is 0.258 e. The molecule has 3 rings (SSSR count). The maximum Gasteiger partial charge on any atom is 0.258 e. The number of fused-ring (bicyclic) bond motifs is 1. The Balaban J connectivity index is 1.70. The summed E-state index contributed by atoms with van der Waals surface area (Å²) < 4.78 is 0. The normalized spacial score (nSPS) is 15.2. The fraction of sp³-hybridized carbons (Fsp3) is 0.500. The molecule has 0 bridgehead atoms. The number of likely N-dealkylation sites (N-methyl/N-ethyl adjacent to an activating group) is 1. The number of rotatable bonds is 5. The van der Waals surface area contributed by atoms with Crippen LogP contribution in [0.2, 0.25) is 0 Å². The second-order valence-electron chi connectivity index (χ2n) is 6.27. The van der Waals surface area contributed by atoms with Crippen LogP contribution in [0.5, 0.6) is 0 Å². The van der Waals surface area contributed by atoms with Crippen molar-refractivity contribution < 1.29 is 4.79 Å². The summed E-state index contributed by atoms with van der Waals surface area (Å²) >= 11 is 0. The average molecular weight is 328 g/mol. The van der Waals surface area contributed by atoms with Crippen molar-refractivity contribution in [1.82, 2.24) is 19.8 Å². The van der Waals surface area contributed by atoms with Gasteiger partial charge in [0.15, 0.2) is 0 Å². The van der Waals surface area contributed by atoms with E-state index in [9.17, 15) is 9.59 Å². The van der Waals surface area contributed by atoms with E-state index in [0.29, 0.717) is 29.8 Å². The first-order valence-corrected chi connectivity index (χ1v) is 8.65. The summed E-state index contributed by atoms with van der Waals surface area (Å²) in [6.07, 6.45) is 3.40. The number of amides is 1. The lowest BCUT2D eigenvalue weighted by Gasteiger charge is -2.29. The second kappa shape index (κ2) is 7.57. The van der Waals surface area contributed by atoms with E-state index in [0.717, 1.165) is 32.5 Å². The van der Waals surface area contributed by atoms with Gasteiger partial charge in [0.2, 0.25) is 5.91 Å². The number of para-hydroxylation sites is 1. The Hall–Kier alpha value is -2.21. The molecule has 1 aliphatic heterocycles. The van der Waals surface area contributed by atoms with Gasteiger partial charge in [-0.3, -0.25) is 14.5 Å². The van der Waals surface area contributed by atoms with Crippen molar-refractivity contribution >= 4 is 16.8 Å². The van der Waals surface area contributed by atoms with Crippen LogP contribution in [0.4, 0.5) is 0 Å². The van der Waals surface area contributed by atoms with Crippen LogP contribution in [-0.4, -0.2) is 51.9 Å². The van der Waals surface area contributed by atoms with Crippen molar-refractivity contribution in [2.45, 2.75) is 32.7 Å². The fourth-order valence-corrected chi connectivity index (χ4v) is 3.14. The van der Waals surface area contributed by atoms with Crippen molar-refractivity contribution in [3.8, 4) is 0 Å². The first-order chi connectivity index (χ1) is 11.7. The third-order valence-electron chi connectivity index (χ3n) is 4.55. The maximum atomic E-state index is 12.4. The van der Waals surface area contributed by atoms with Crippen LogP contribution < -0.4 is 5.56 Å². The number of nitrogens with one attached hydrogen (secondary N) is 1. The van der Waals surface area contributed by atoms with Crippen LogP contribution >= 0.6 is 0 Å². The Kier molecular flexibility index (Phi) is 5.25. The van der Waals surface area contributed by atoms with Gasteiger partial charge >= 0.3 is 0 Å². The molecule has 1 aromatic heterocycles. The zero-order chi connectivity index (χ0) is 16.9. The largest absolute Gasteiger partial charge is 0.342 e. The summed E-state index contributed by atoms with van der Waals surface area (Å²) in [4.78, 5) is 35.9. The predicted octanol–water partition coefficient (Wildman–Crippen LogP) is 1.76. The summed E-state index contributed by atoms with van der Waals surface area (Å²) in [6, 6.07) is 7.30. The molecule has 1 saturated heterocycles. The highest BCUT2D eigenvalue weighted by Gasteiger charge is 2.19. The minimum atomic E-state index is -0.131. The molecule has 0 aliphatic carbocycles. The van der Waals surface area contributed by atoms with E-state index < -0.39 is 0 Å². The first kappa shape index (κ1) is 16.6. The van der Waals surface area contributed by atoms with Crippen LogP contribution in [0, 0.1) is 0 Å². The van der Waals surface area contributed by atoms with E-state index in [-0.39, 0.29) is 11.5 Å². The molecule has 2 heterocycles. The number of H-pyrrole nitrogens is 1. The molecule has 1 amide bonds. The van der Waals surface area contributed by atoms with Crippen molar-refractivity contribution in [2.24, 2.45) is 0 Å². The van der Waals surface area contributed by atoms with Gasteiger partial charge in [0.05, 0.1) is 24.0 Å². The van der Waals surface area contributed by atoms with Gasteiger partial charge in [0.25, 0.3) is 5.56 Å². The van der Waals surface area contributed by atoms with Gasteiger partial charge in [-0.15, -0.1) is 0 Å². The molecule has 1 aromatic carbocycles. The number of carbonyl (C=O) groups is 1. The highest BCUT2D eigenvalue weighted by Crippen LogP contribution is 2.10. The first-order valence-electron chi connectivity index (χ1n) is 8.65. The van der Waals surface area contributed by atoms with Gasteiger partial charge in [0, 0.05) is 13.1 Å². The third kappa shape index (κ3) is 3.82. The van der Waals surface area contributed by atoms with E-state index in [1.807, 2.05) is 34.9 Å². The minimum absolute atomic E-state index is 0.131. The topological polar surface area (TPSA) is 69.3 Å². The third-order valence-corrected chi connectivity index (χ3v) is 4.55. The molecule has 6 nitrogen and oxygen atoms in total. The monoisotopic (exact) mass is 328 g/mol. The quantitative estimate of drug-likeness (QED) is 0.908. The number of carbonyl (C=O) groups excluding carboxylic acids is 1. The number of aromatic amines is 1. The van der Waals surface area contributed by atoms with Crippen molar-refractivity contribution in [3.63, 3.8) is 0 Å². The molecule has 1 aliphatic rings. The Morgan fingerprint density at radius 2 is 2.00 bits per heavy atom. The zero-order valence-electron chi connectivity index (χ0n) is 14.1. The van der Waals surface area contributed by atoms with Gasteiger partial charge in [0.1, 0.15) is 5.82 Å².